The van der Waals surface area contributed by atoms with Crippen LogP contribution in [0.1, 0.15) is 11.1 Å². The minimum atomic E-state index is 1.07. The second-order valence-electron chi connectivity index (χ2n) is 3.87. The lowest BCUT2D eigenvalue weighted by molar-refractivity contribution is 1.13. The van der Waals surface area contributed by atoms with Gasteiger partial charge in [-0.3, -0.25) is 0 Å². The van der Waals surface area contributed by atoms with Gasteiger partial charge in [-0.2, -0.15) is 0 Å². The van der Waals surface area contributed by atoms with Gasteiger partial charge in [0.05, 0.1) is 11.6 Å². The van der Waals surface area contributed by atoms with E-state index in [2.05, 4.69) is 34.5 Å². The summed E-state index contributed by atoms with van der Waals surface area (Å²) in [5, 5.41) is 0. The molecule has 0 bridgehead atoms. The number of nitrogens with zero attached hydrogens (tertiary/aromatic N) is 2. The first-order valence-corrected chi connectivity index (χ1v) is 6.13. The van der Waals surface area contributed by atoms with Gasteiger partial charge in [0.1, 0.15) is 0 Å². The van der Waals surface area contributed by atoms with E-state index in [0.717, 1.165) is 11.4 Å². The van der Waals surface area contributed by atoms with E-state index in [1.807, 2.05) is 38.2 Å². The van der Waals surface area contributed by atoms with E-state index >= 15 is 0 Å². The van der Waals surface area contributed by atoms with Gasteiger partial charge in [0.2, 0.25) is 0 Å². The SMILES string of the molecule is C=Cc1c(N(C)C)ccc(N2CS2)c1C=C. The van der Waals surface area contributed by atoms with Crippen molar-refractivity contribution in [2.75, 3.05) is 29.2 Å². The van der Waals surface area contributed by atoms with Gasteiger partial charge in [-0.15, -0.1) is 0 Å². The summed E-state index contributed by atoms with van der Waals surface area (Å²) >= 11 is 1.82. The Labute approximate surface area is 101 Å². The number of hydrogen-bond acceptors (Lipinski definition) is 3. The third-order valence-electron chi connectivity index (χ3n) is 2.66. The lowest BCUT2D eigenvalue weighted by atomic mass is 10.0. The van der Waals surface area contributed by atoms with Crippen LogP contribution in [0.15, 0.2) is 25.3 Å². The fourth-order valence-electron chi connectivity index (χ4n) is 1.82. The van der Waals surface area contributed by atoms with Gasteiger partial charge < -0.3 is 9.21 Å². The maximum atomic E-state index is 3.91. The van der Waals surface area contributed by atoms with Crippen LogP contribution in [-0.4, -0.2) is 20.0 Å². The predicted octanol–water partition coefficient (Wildman–Crippen LogP) is 3.46. The van der Waals surface area contributed by atoms with Crippen molar-refractivity contribution in [2.24, 2.45) is 0 Å². The van der Waals surface area contributed by atoms with Crippen molar-refractivity contribution in [3.63, 3.8) is 0 Å². The smallest absolute Gasteiger partial charge is 0.0950 e. The minimum absolute atomic E-state index is 1.07. The third kappa shape index (κ3) is 1.83. The molecule has 1 aliphatic heterocycles. The first-order chi connectivity index (χ1) is 7.69. The van der Waals surface area contributed by atoms with Crippen molar-refractivity contribution >= 4 is 35.5 Å². The summed E-state index contributed by atoms with van der Waals surface area (Å²) in [7, 11) is 4.09. The molecule has 2 nitrogen and oxygen atoms in total. The van der Waals surface area contributed by atoms with E-state index in [1.54, 1.807) is 0 Å². The molecule has 0 aromatic heterocycles. The van der Waals surface area contributed by atoms with Crippen molar-refractivity contribution in [2.45, 2.75) is 0 Å². The quantitative estimate of drug-likeness (QED) is 0.579. The summed E-state index contributed by atoms with van der Waals surface area (Å²) in [6, 6.07) is 4.29. The molecule has 0 saturated carbocycles. The number of anilines is 2. The van der Waals surface area contributed by atoms with Gasteiger partial charge in [0, 0.05) is 30.9 Å². The Morgan fingerprint density at radius 1 is 1.25 bits per heavy atom. The zero-order chi connectivity index (χ0) is 11.7. The molecule has 1 saturated heterocycles. The Kier molecular flexibility index (Phi) is 2.97. The van der Waals surface area contributed by atoms with E-state index in [4.69, 9.17) is 0 Å². The summed E-state index contributed by atoms with van der Waals surface area (Å²) in [6.45, 7) is 7.81. The Bertz CT molecular complexity index is 401. The van der Waals surface area contributed by atoms with Gasteiger partial charge in [0.25, 0.3) is 0 Å². The highest BCUT2D eigenvalue weighted by Crippen LogP contribution is 2.42. The van der Waals surface area contributed by atoms with E-state index in [0.29, 0.717) is 0 Å². The second kappa shape index (κ2) is 4.26. The molecule has 16 heavy (non-hydrogen) atoms. The average Bonchev–Trinajstić information content (AvgIpc) is 3.10. The maximum absolute atomic E-state index is 3.91. The second-order valence-corrected chi connectivity index (χ2v) is 4.83. The van der Waals surface area contributed by atoms with Gasteiger partial charge in [-0.05, 0) is 24.1 Å². The molecule has 0 radical (unpaired) electrons. The van der Waals surface area contributed by atoms with Crippen LogP contribution in [0, 0.1) is 0 Å². The Morgan fingerprint density at radius 3 is 2.31 bits per heavy atom. The van der Waals surface area contributed by atoms with E-state index in [1.165, 1.54) is 16.9 Å². The highest BCUT2D eigenvalue weighted by molar-refractivity contribution is 8.07. The molecule has 1 heterocycles. The summed E-state index contributed by atoms with van der Waals surface area (Å²) in [4.78, 5) is 2.10. The van der Waals surface area contributed by atoms with E-state index in [9.17, 15) is 0 Å². The standard InChI is InChI=1S/C13H16N2S/c1-5-10-11(6-2)13(15-9-16-15)8-7-12(10)14(3)4/h5-8H,1-2,9H2,3-4H3. The van der Waals surface area contributed by atoms with Crippen molar-refractivity contribution < 1.29 is 0 Å². The number of rotatable bonds is 4. The van der Waals surface area contributed by atoms with Crippen molar-refractivity contribution in [1.82, 2.24) is 0 Å². The van der Waals surface area contributed by atoms with Crippen LogP contribution in [0.4, 0.5) is 11.4 Å². The van der Waals surface area contributed by atoms with Gasteiger partial charge in [-0.25, -0.2) is 0 Å². The number of benzene rings is 1. The van der Waals surface area contributed by atoms with Crippen LogP contribution in [0.2, 0.25) is 0 Å². The zero-order valence-corrected chi connectivity index (χ0v) is 10.5. The lowest BCUT2D eigenvalue weighted by Crippen LogP contribution is -2.11. The maximum Gasteiger partial charge on any atom is 0.0950 e. The van der Waals surface area contributed by atoms with Crippen LogP contribution >= 0.6 is 11.9 Å². The fourth-order valence-corrected chi connectivity index (χ4v) is 2.31. The summed E-state index contributed by atoms with van der Waals surface area (Å²) in [5.74, 6) is 1.07. The summed E-state index contributed by atoms with van der Waals surface area (Å²) in [6.07, 6.45) is 3.82. The molecule has 1 fully saturated rings. The van der Waals surface area contributed by atoms with E-state index in [-0.39, 0.29) is 0 Å². The van der Waals surface area contributed by atoms with Crippen molar-refractivity contribution in [1.29, 1.82) is 0 Å². The zero-order valence-electron chi connectivity index (χ0n) is 9.73. The highest BCUT2D eigenvalue weighted by Gasteiger charge is 2.23. The molecule has 1 aromatic rings. The minimum Gasteiger partial charge on any atom is -0.377 e. The lowest BCUT2D eigenvalue weighted by Gasteiger charge is -2.19. The van der Waals surface area contributed by atoms with Gasteiger partial charge >= 0.3 is 0 Å². The van der Waals surface area contributed by atoms with Gasteiger partial charge in [0.15, 0.2) is 0 Å². The molecule has 0 aliphatic carbocycles. The van der Waals surface area contributed by atoms with Crippen LogP contribution < -0.4 is 9.21 Å². The molecule has 0 amide bonds. The Morgan fingerprint density at radius 2 is 1.88 bits per heavy atom. The normalized spacial score (nSPS) is 13.5. The molecule has 84 valence electrons. The molecular formula is C13H16N2S. The van der Waals surface area contributed by atoms with Crippen LogP contribution in [0.5, 0.6) is 0 Å². The van der Waals surface area contributed by atoms with Crippen LogP contribution in [0.25, 0.3) is 12.2 Å². The molecule has 1 aliphatic rings. The summed E-state index contributed by atoms with van der Waals surface area (Å²) in [5.41, 5.74) is 4.75. The molecule has 0 spiro atoms. The van der Waals surface area contributed by atoms with Gasteiger partial charge in [-0.1, -0.05) is 25.3 Å². The first-order valence-electron chi connectivity index (χ1n) is 5.18. The largest absolute Gasteiger partial charge is 0.377 e. The summed E-state index contributed by atoms with van der Waals surface area (Å²) < 4.78 is 2.25. The predicted molar refractivity (Wildman–Crippen MR) is 75.9 cm³/mol. The highest BCUT2D eigenvalue weighted by atomic mass is 32.2. The third-order valence-corrected chi connectivity index (χ3v) is 3.37. The van der Waals surface area contributed by atoms with Crippen molar-refractivity contribution in [3.05, 3.63) is 36.4 Å². The average molecular weight is 232 g/mol. The molecule has 0 atom stereocenters. The van der Waals surface area contributed by atoms with Crippen molar-refractivity contribution in [3.8, 4) is 0 Å². The Hall–Kier alpha value is -1.35. The van der Waals surface area contributed by atoms with Crippen LogP contribution in [-0.2, 0) is 0 Å². The fraction of sp³-hybridized carbons (Fsp3) is 0.231. The van der Waals surface area contributed by atoms with Crippen LogP contribution in [0.3, 0.4) is 0 Å². The molecular weight excluding hydrogens is 216 g/mol. The van der Waals surface area contributed by atoms with E-state index < -0.39 is 0 Å². The number of hydrogen-bond donors (Lipinski definition) is 0. The first kappa shape index (κ1) is 11.1. The molecule has 1 aromatic carbocycles. The topological polar surface area (TPSA) is 6.25 Å². The molecule has 0 unspecified atom stereocenters. The molecule has 2 rings (SSSR count). The Balaban J connectivity index is 2.60. The molecule has 3 heteroatoms. The monoisotopic (exact) mass is 232 g/mol. The molecule has 0 N–H and O–H groups in total.